The number of hydrogen-bond donors (Lipinski definition) is 2. The molecule has 4 aromatic rings. The minimum Gasteiger partial charge on any atom is -0.490 e. The van der Waals surface area contributed by atoms with Gasteiger partial charge in [-0.25, -0.2) is 9.37 Å². The molecule has 0 spiro atoms. The number of nitrogens with zero attached hydrogens (tertiary/aromatic N) is 4. The molecular formula is C24H21FN6O2. The maximum absolute atomic E-state index is 15.2. The Bertz CT molecular complexity index is 1360. The van der Waals surface area contributed by atoms with E-state index in [9.17, 15) is 4.79 Å². The molecular weight excluding hydrogens is 423 g/mol. The highest BCUT2D eigenvalue weighted by molar-refractivity contribution is 5.99. The Kier molecular flexibility index (Phi) is 5.21. The topological polar surface area (TPSA) is 107 Å². The van der Waals surface area contributed by atoms with E-state index in [-0.39, 0.29) is 17.5 Å². The van der Waals surface area contributed by atoms with Gasteiger partial charge in [-0.05, 0) is 61.2 Å². The van der Waals surface area contributed by atoms with Crippen molar-refractivity contribution in [2.24, 2.45) is 0 Å². The number of amides is 1. The van der Waals surface area contributed by atoms with Crippen LogP contribution in [0.4, 0.5) is 15.9 Å². The molecule has 2 aromatic carbocycles. The number of ether oxygens (including phenoxy) is 1. The predicted octanol–water partition coefficient (Wildman–Crippen LogP) is 4.24. The highest BCUT2D eigenvalue weighted by Crippen LogP contribution is 2.39. The second-order valence-electron chi connectivity index (χ2n) is 7.79. The highest BCUT2D eigenvalue weighted by Gasteiger charge is 2.23. The van der Waals surface area contributed by atoms with Crippen molar-refractivity contribution in [3.8, 4) is 28.1 Å². The predicted molar refractivity (Wildman–Crippen MR) is 123 cm³/mol. The monoisotopic (exact) mass is 444 g/mol. The number of halogens is 1. The molecule has 3 N–H and O–H groups in total. The number of aromatic nitrogens is 4. The zero-order valence-electron chi connectivity index (χ0n) is 17.7. The van der Waals surface area contributed by atoms with Crippen molar-refractivity contribution in [2.45, 2.75) is 25.4 Å². The number of nitrogens with two attached hydrogens (primary N) is 1. The lowest BCUT2D eigenvalue weighted by atomic mass is 9.96. The Hall–Kier alpha value is -4.27. The molecule has 0 bridgehead atoms. The van der Waals surface area contributed by atoms with Crippen LogP contribution in [0.5, 0.6) is 5.75 Å². The summed E-state index contributed by atoms with van der Waals surface area (Å²) in [6.45, 7) is 3.40. The van der Waals surface area contributed by atoms with Crippen LogP contribution in [0.1, 0.15) is 19.3 Å². The third kappa shape index (κ3) is 3.89. The fraction of sp³-hybridized carbons (Fsp3) is 0.167. The van der Waals surface area contributed by atoms with Gasteiger partial charge >= 0.3 is 0 Å². The van der Waals surface area contributed by atoms with Gasteiger partial charge in [-0.2, -0.15) is 0 Å². The fourth-order valence-corrected chi connectivity index (χ4v) is 3.74. The second-order valence-corrected chi connectivity index (χ2v) is 7.79. The maximum Gasteiger partial charge on any atom is 0.247 e. The average molecular weight is 444 g/mol. The zero-order chi connectivity index (χ0) is 22.9. The van der Waals surface area contributed by atoms with Crippen LogP contribution in [0.2, 0.25) is 0 Å². The van der Waals surface area contributed by atoms with Crippen molar-refractivity contribution >= 4 is 22.9 Å². The summed E-state index contributed by atoms with van der Waals surface area (Å²) in [5, 5.41) is 11.2. The van der Waals surface area contributed by atoms with E-state index in [4.69, 9.17) is 10.5 Å². The summed E-state index contributed by atoms with van der Waals surface area (Å²) in [6.07, 6.45) is 6.00. The van der Waals surface area contributed by atoms with Crippen molar-refractivity contribution in [2.75, 3.05) is 11.1 Å². The van der Waals surface area contributed by atoms with Gasteiger partial charge in [0, 0.05) is 16.8 Å². The van der Waals surface area contributed by atoms with Crippen molar-refractivity contribution in [1.82, 2.24) is 19.8 Å². The molecule has 0 aliphatic heterocycles. The Morgan fingerprint density at radius 1 is 1.24 bits per heavy atom. The molecule has 1 amide bonds. The summed E-state index contributed by atoms with van der Waals surface area (Å²) in [6, 6.07) is 11.9. The van der Waals surface area contributed by atoms with Crippen LogP contribution in [0.3, 0.4) is 0 Å². The van der Waals surface area contributed by atoms with Crippen LogP contribution in [0, 0.1) is 5.82 Å². The number of nitrogen functional groups attached to an aromatic ring is 1. The molecule has 9 heteroatoms. The minimum absolute atomic E-state index is 0.226. The third-order valence-electron chi connectivity index (χ3n) is 5.64. The smallest absolute Gasteiger partial charge is 0.247 e. The van der Waals surface area contributed by atoms with Gasteiger partial charge in [0.15, 0.2) is 5.82 Å². The minimum atomic E-state index is -0.557. The van der Waals surface area contributed by atoms with E-state index in [0.29, 0.717) is 22.5 Å². The zero-order valence-corrected chi connectivity index (χ0v) is 17.7. The lowest BCUT2D eigenvalue weighted by Crippen LogP contribution is -2.24. The molecule has 1 aliphatic rings. The van der Waals surface area contributed by atoms with Gasteiger partial charge in [0.2, 0.25) is 5.91 Å². The average Bonchev–Trinajstić information content (AvgIpc) is 3.17. The summed E-state index contributed by atoms with van der Waals surface area (Å²) < 4.78 is 22.5. The van der Waals surface area contributed by atoms with Crippen LogP contribution >= 0.6 is 0 Å². The maximum atomic E-state index is 15.2. The Morgan fingerprint density at radius 2 is 2.03 bits per heavy atom. The fourth-order valence-electron chi connectivity index (χ4n) is 3.74. The molecule has 5 rings (SSSR count). The molecule has 0 unspecified atom stereocenters. The molecule has 33 heavy (non-hydrogen) atoms. The van der Waals surface area contributed by atoms with Gasteiger partial charge in [-0.3, -0.25) is 4.79 Å². The van der Waals surface area contributed by atoms with Crippen molar-refractivity contribution < 1.29 is 13.9 Å². The first-order valence-corrected chi connectivity index (χ1v) is 10.5. The lowest BCUT2D eigenvalue weighted by molar-refractivity contribution is -0.111. The number of fused-ring (bicyclic) bond motifs is 1. The largest absolute Gasteiger partial charge is 0.490 e. The molecule has 0 saturated heterocycles. The van der Waals surface area contributed by atoms with E-state index in [0.717, 1.165) is 30.2 Å². The number of carbonyl (C=O) groups excluding carboxylic acids is 1. The van der Waals surface area contributed by atoms with Gasteiger partial charge in [-0.1, -0.05) is 18.7 Å². The standard InChI is InChI=1S/C24H21FN6O2/c1-2-20(32)29-15-8-11-18(19(25)12-15)22-21(23-24(26)27-13-28-31(23)30-22)14-6-9-17(10-7-14)33-16-4-3-5-16/h2,6-13,16H,1,3-5H2,(H,29,32)(H2,26,27,28). The van der Waals surface area contributed by atoms with Crippen LogP contribution in [-0.4, -0.2) is 31.8 Å². The van der Waals surface area contributed by atoms with Crippen LogP contribution in [0.25, 0.3) is 27.9 Å². The summed E-state index contributed by atoms with van der Waals surface area (Å²) in [4.78, 5) is 15.6. The van der Waals surface area contributed by atoms with Gasteiger partial charge in [0.25, 0.3) is 0 Å². The molecule has 1 saturated carbocycles. The normalized spacial score (nSPS) is 13.5. The van der Waals surface area contributed by atoms with Gasteiger partial charge in [0.1, 0.15) is 29.1 Å². The quantitative estimate of drug-likeness (QED) is 0.431. The van der Waals surface area contributed by atoms with E-state index >= 15 is 4.39 Å². The van der Waals surface area contributed by atoms with E-state index in [1.807, 2.05) is 24.3 Å². The number of hydrogen-bond acceptors (Lipinski definition) is 6. The third-order valence-corrected chi connectivity index (χ3v) is 5.64. The molecule has 2 heterocycles. The Morgan fingerprint density at radius 3 is 2.70 bits per heavy atom. The number of anilines is 2. The van der Waals surface area contributed by atoms with Gasteiger partial charge in [-0.15, -0.1) is 14.8 Å². The molecule has 0 radical (unpaired) electrons. The molecule has 8 nitrogen and oxygen atoms in total. The first-order valence-electron chi connectivity index (χ1n) is 10.5. The van der Waals surface area contributed by atoms with E-state index < -0.39 is 11.7 Å². The molecule has 1 aliphatic carbocycles. The van der Waals surface area contributed by atoms with Crippen LogP contribution < -0.4 is 15.8 Å². The van der Waals surface area contributed by atoms with Crippen LogP contribution in [-0.2, 0) is 4.79 Å². The summed E-state index contributed by atoms with van der Waals surface area (Å²) >= 11 is 0. The number of nitrogens with one attached hydrogen (secondary N) is 1. The molecule has 0 atom stereocenters. The second kappa shape index (κ2) is 8.34. The van der Waals surface area contributed by atoms with Crippen molar-refractivity contribution in [1.29, 1.82) is 0 Å². The van der Waals surface area contributed by atoms with Gasteiger partial charge < -0.3 is 15.8 Å². The van der Waals surface area contributed by atoms with Gasteiger partial charge in [0.05, 0.1) is 6.10 Å². The van der Waals surface area contributed by atoms with Crippen molar-refractivity contribution in [3.05, 3.63) is 67.3 Å². The van der Waals surface area contributed by atoms with E-state index in [1.54, 1.807) is 12.1 Å². The summed E-state index contributed by atoms with van der Waals surface area (Å²) in [5.41, 5.74) is 8.90. The first kappa shape index (κ1) is 20.6. The SMILES string of the molecule is C=CC(=O)Nc1ccc(-c2nn3ncnc(N)c3c2-c2ccc(OC3CCC3)cc2)c(F)c1. The number of carbonyl (C=O) groups is 1. The Labute approximate surface area is 188 Å². The highest BCUT2D eigenvalue weighted by atomic mass is 19.1. The number of rotatable bonds is 6. The molecule has 1 fully saturated rings. The van der Waals surface area contributed by atoms with Crippen molar-refractivity contribution in [3.63, 3.8) is 0 Å². The molecule has 166 valence electrons. The summed E-state index contributed by atoms with van der Waals surface area (Å²) in [7, 11) is 0. The summed E-state index contributed by atoms with van der Waals surface area (Å²) in [5.74, 6) is 0.0174. The Balaban J connectivity index is 1.60. The number of benzene rings is 2. The molecule has 2 aromatic heterocycles. The van der Waals surface area contributed by atoms with E-state index in [1.165, 1.54) is 23.4 Å². The van der Waals surface area contributed by atoms with E-state index in [2.05, 4.69) is 27.1 Å². The lowest BCUT2D eigenvalue weighted by Gasteiger charge is -2.26. The first-order chi connectivity index (χ1) is 16.0. The van der Waals surface area contributed by atoms with Crippen LogP contribution in [0.15, 0.2) is 61.4 Å².